The molecule has 0 amide bonds. The van der Waals surface area contributed by atoms with Crippen LogP contribution in [0.3, 0.4) is 0 Å². The molecular formula is C10H14N2O. The maximum absolute atomic E-state index is 10.9. The minimum atomic E-state index is 0.0106. The molecule has 1 aromatic heterocycles. The van der Waals surface area contributed by atoms with Crippen LogP contribution >= 0.6 is 0 Å². The van der Waals surface area contributed by atoms with Crippen LogP contribution in [0.2, 0.25) is 0 Å². The van der Waals surface area contributed by atoms with Gasteiger partial charge in [-0.3, -0.25) is 9.78 Å². The van der Waals surface area contributed by atoms with Gasteiger partial charge in [0.05, 0.1) is 0 Å². The summed E-state index contributed by atoms with van der Waals surface area (Å²) < 4.78 is 0. The number of nitrogens with zero attached hydrogens (tertiary/aromatic N) is 2. The highest BCUT2D eigenvalue weighted by Crippen LogP contribution is 2.02. The van der Waals surface area contributed by atoms with Gasteiger partial charge in [0, 0.05) is 19.7 Å². The van der Waals surface area contributed by atoms with Crippen LogP contribution in [0, 0.1) is 0 Å². The second kappa shape index (κ2) is 4.14. The van der Waals surface area contributed by atoms with E-state index in [1.165, 1.54) is 6.92 Å². The summed E-state index contributed by atoms with van der Waals surface area (Å²) in [5.74, 6) is 0.0106. The molecule has 13 heavy (non-hydrogen) atoms. The molecule has 0 bridgehead atoms. The lowest BCUT2D eigenvalue weighted by molar-refractivity contribution is 0.101. The summed E-state index contributed by atoms with van der Waals surface area (Å²) >= 11 is 0. The Morgan fingerprint density at radius 3 is 2.54 bits per heavy atom. The van der Waals surface area contributed by atoms with Gasteiger partial charge in [0.25, 0.3) is 0 Å². The Balaban J connectivity index is 2.75. The third-order valence-electron chi connectivity index (χ3n) is 1.68. The average molecular weight is 178 g/mol. The van der Waals surface area contributed by atoms with Crippen LogP contribution in [0.25, 0.3) is 0 Å². The van der Waals surface area contributed by atoms with Crippen LogP contribution in [0.5, 0.6) is 0 Å². The first kappa shape index (κ1) is 9.86. The lowest BCUT2D eigenvalue weighted by Gasteiger charge is -2.08. The van der Waals surface area contributed by atoms with Crippen molar-refractivity contribution in [3.63, 3.8) is 0 Å². The normalized spacial score (nSPS) is 10.5. The predicted octanol–water partition coefficient (Wildman–Crippen LogP) is 1.35. The summed E-state index contributed by atoms with van der Waals surface area (Å²) in [5.41, 5.74) is 1.65. The Hall–Kier alpha value is -1.22. The van der Waals surface area contributed by atoms with E-state index in [-0.39, 0.29) is 5.78 Å². The first-order chi connectivity index (χ1) is 6.09. The fourth-order valence-corrected chi connectivity index (χ4v) is 1.09. The van der Waals surface area contributed by atoms with E-state index in [0.717, 1.165) is 12.1 Å². The van der Waals surface area contributed by atoms with Crippen LogP contribution in [-0.2, 0) is 6.54 Å². The summed E-state index contributed by atoms with van der Waals surface area (Å²) in [7, 11) is 4.00. The van der Waals surface area contributed by atoms with Crippen LogP contribution in [-0.4, -0.2) is 29.8 Å². The van der Waals surface area contributed by atoms with Crippen molar-refractivity contribution in [1.82, 2.24) is 9.88 Å². The molecule has 1 rings (SSSR count). The van der Waals surface area contributed by atoms with Gasteiger partial charge in [0.15, 0.2) is 5.78 Å². The van der Waals surface area contributed by atoms with Gasteiger partial charge in [0.2, 0.25) is 0 Å². The topological polar surface area (TPSA) is 33.2 Å². The molecule has 0 unspecified atom stereocenters. The van der Waals surface area contributed by atoms with Crippen LogP contribution < -0.4 is 0 Å². The number of aromatic nitrogens is 1. The SMILES string of the molecule is CC(=O)c1ccc(CN(C)C)cn1. The van der Waals surface area contributed by atoms with Gasteiger partial charge in [-0.25, -0.2) is 0 Å². The van der Waals surface area contributed by atoms with E-state index in [0.29, 0.717) is 5.69 Å². The summed E-state index contributed by atoms with van der Waals surface area (Å²) in [5, 5.41) is 0. The molecule has 0 atom stereocenters. The lowest BCUT2D eigenvalue weighted by Crippen LogP contribution is -2.11. The highest BCUT2D eigenvalue weighted by Gasteiger charge is 2.00. The first-order valence-corrected chi connectivity index (χ1v) is 4.20. The highest BCUT2D eigenvalue weighted by atomic mass is 16.1. The molecule has 3 heteroatoms. The number of hydrogen-bond acceptors (Lipinski definition) is 3. The summed E-state index contributed by atoms with van der Waals surface area (Å²) in [6.45, 7) is 2.37. The monoisotopic (exact) mass is 178 g/mol. The van der Waals surface area contributed by atoms with Gasteiger partial charge in [-0.15, -0.1) is 0 Å². The van der Waals surface area contributed by atoms with E-state index < -0.39 is 0 Å². The number of hydrogen-bond donors (Lipinski definition) is 0. The first-order valence-electron chi connectivity index (χ1n) is 4.20. The number of ketones is 1. The molecule has 0 fully saturated rings. The largest absolute Gasteiger partial charge is 0.305 e. The van der Waals surface area contributed by atoms with E-state index in [4.69, 9.17) is 0 Å². The van der Waals surface area contributed by atoms with Gasteiger partial charge < -0.3 is 4.90 Å². The minimum absolute atomic E-state index is 0.0106. The molecule has 0 saturated carbocycles. The van der Waals surface area contributed by atoms with Crippen LogP contribution in [0.1, 0.15) is 23.0 Å². The number of Topliss-reactive ketones (excluding diaryl/α,β-unsaturated/α-hetero) is 1. The van der Waals surface area contributed by atoms with Crippen molar-refractivity contribution >= 4 is 5.78 Å². The third-order valence-corrected chi connectivity index (χ3v) is 1.68. The fourth-order valence-electron chi connectivity index (χ4n) is 1.09. The molecule has 0 spiro atoms. The number of carbonyl (C=O) groups excluding carboxylic acids is 1. The second-order valence-corrected chi connectivity index (χ2v) is 3.35. The van der Waals surface area contributed by atoms with Gasteiger partial charge in [-0.2, -0.15) is 0 Å². The van der Waals surface area contributed by atoms with Crippen molar-refractivity contribution in [2.24, 2.45) is 0 Å². The third kappa shape index (κ3) is 2.95. The molecule has 70 valence electrons. The zero-order chi connectivity index (χ0) is 9.84. The van der Waals surface area contributed by atoms with E-state index in [9.17, 15) is 4.79 Å². The predicted molar refractivity (Wildman–Crippen MR) is 51.6 cm³/mol. The number of carbonyl (C=O) groups is 1. The van der Waals surface area contributed by atoms with Crippen molar-refractivity contribution < 1.29 is 4.79 Å². The standard InChI is InChI=1S/C10H14N2O/c1-8(13)10-5-4-9(6-11-10)7-12(2)3/h4-6H,7H2,1-3H3. The molecular weight excluding hydrogens is 164 g/mol. The van der Waals surface area contributed by atoms with Crippen LogP contribution in [0.15, 0.2) is 18.3 Å². The van der Waals surface area contributed by atoms with E-state index >= 15 is 0 Å². The lowest BCUT2D eigenvalue weighted by atomic mass is 10.2. The van der Waals surface area contributed by atoms with Crippen molar-refractivity contribution in [2.75, 3.05) is 14.1 Å². The van der Waals surface area contributed by atoms with E-state index in [1.807, 2.05) is 20.2 Å². The molecule has 0 aliphatic rings. The molecule has 1 heterocycles. The quantitative estimate of drug-likeness (QED) is 0.655. The molecule has 0 N–H and O–H groups in total. The molecule has 0 radical (unpaired) electrons. The number of pyridine rings is 1. The zero-order valence-electron chi connectivity index (χ0n) is 8.24. The van der Waals surface area contributed by atoms with Gasteiger partial charge >= 0.3 is 0 Å². The molecule has 0 saturated heterocycles. The second-order valence-electron chi connectivity index (χ2n) is 3.35. The number of rotatable bonds is 3. The van der Waals surface area contributed by atoms with Crippen LogP contribution in [0.4, 0.5) is 0 Å². The van der Waals surface area contributed by atoms with E-state index in [2.05, 4.69) is 9.88 Å². The molecule has 0 aliphatic carbocycles. The van der Waals surface area contributed by atoms with Gasteiger partial charge in [0.1, 0.15) is 5.69 Å². The van der Waals surface area contributed by atoms with E-state index in [1.54, 1.807) is 12.3 Å². The Bertz CT molecular complexity index is 290. The van der Waals surface area contributed by atoms with Gasteiger partial charge in [-0.1, -0.05) is 6.07 Å². The maximum atomic E-state index is 10.9. The minimum Gasteiger partial charge on any atom is -0.305 e. The van der Waals surface area contributed by atoms with Crippen molar-refractivity contribution in [3.8, 4) is 0 Å². The Labute approximate surface area is 78.4 Å². The maximum Gasteiger partial charge on any atom is 0.178 e. The Kier molecular flexibility index (Phi) is 3.14. The van der Waals surface area contributed by atoms with Crippen molar-refractivity contribution in [3.05, 3.63) is 29.6 Å². The average Bonchev–Trinajstić information content (AvgIpc) is 2.04. The smallest absolute Gasteiger partial charge is 0.178 e. The Morgan fingerprint density at radius 2 is 2.15 bits per heavy atom. The molecule has 1 aromatic rings. The molecule has 3 nitrogen and oxygen atoms in total. The van der Waals surface area contributed by atoms with Crippen molar-refractivity contribution in [2.45, 2.75) is 13.5 Å². The molecule has 0 aromatic carbocycles. The summed E-state index contributed by atoms with van der Waals surface area (Å²) in [6.07, 6.45) is 1.75. The Morgan fingerprint density at radius 1 is 1.46 bits per heavy atom. The zero-order valence-corrected chi connectivity index (χ0v) is 8.24. The van der Waals surface area contributed by atoms with Crippen molar-refractivity contribution in [1.29, 1.82) is 0 Å². The molecule has 0 aliphatic heterocycles. The van der Waals surface area contributed by atoms with Gasteiger partial charge in [-0.05, 0) is 25.7 Å². The fraction of sp³-hybridized carbons (Fsp3) is 0.400. The summed E-state index contributed by atoms with van der Waals surface area (Å²) in [4.78, 5) is 17.0. The summed E-state index contributed by atoms with van der Waals surface area (Å²) in [6, 6.07) is 3.70. The highest BCUT2D eigenvalue weighted by molar-refractivity contribution is 5.91.